The summed E-state index contributed by atoms with van der Waals surface area (Å²) >= 11 is 0. The van der Waals surface area contributed by atoms with Crippen LogP contribution in [0.4, 0.5) is 0 Å². The lowest BCUT2D eigenvalue weighted by Crippen LogP contribution is -2.28. The van der Waals surface area contributed by atoms with Gasteiger partial charge >= 0.3 is 0 Å². The minimum Gasteiger partial charge on any atom is -0.324 e. The van der Waals surface area contributed by atoms with E-state index in [0.717, 1.165) is 19.5 Å². The minimum atomic E-state index is 0.168. The van der Waals surface area contributed by atoms with Gasteiger partial charge in [0.1, 0.15) is 0 Å². The standard InChI is InChI=1S/C16H28N2/c1-4-6-12-18(5-2)13-11-16(17)15-9-7-14(3)8-10-15/h7-10,16H,4-6,11-13,17H2,1-3H3. The molecule has 0 fully saturated rings. The van der Waals surface area contributed by atoms with E-state index in [1.807, 2.05) is 0 Å². The van der Waals surface area contributed by atoms with E-state index >= 15 is 0 Å². The SMILES string of the molecule is CCCCN(CC)CCC(N)c1ccc(C)cc1. The molecule has 0 spiro atoms. The van der Waals surface area contributed by atoms with Crippen molar-refractivity contribution in [3.05, 3.63) is 35.4 Å². The second-order valence-electron chi connectivity index (χ2n) is 5.09. The average molecular weight is 248 g/mol. The molecule has 0 amide bonds. The van der Waals surface area contributed by atoms with Gasteiger partial charge in [0, 0.05) is 6.04 Å². The van der Waals surface area contributed by atoms with Gasteiger partial charge < -0.3 is 10.6 Å². The first kappa shape index (κ1) is 15.2. The van der Waals surface area contributed by atoms with Crippen LogP contribution in [0.5, 0.6) is 0 Å². The molecule has 1 atom stereocenters. The summed E-state index contributed by atoms with van der Waals surface area (Å²) in [5.41, 5.74) is 8.80. The maximum Gasteiger partial charge on any atom is 0.0307 e. The number of unbranched alkanes of at least 4 members (excludes halogenated alkanes) is 1. The smallest absolute Gasteiger partial charge is 0.0307 e. The Balaban J connectivity index is 2.39. The van der Waals surface area contributed by atoms with Crippen LogP contribution >= 0.6 is 0 Å². The third-order valence-corrected chi connectivity index (χ3v) is 3.54. The predicted molar refractivity (Wildman–Crippen MR) is 79.7 cm³/mol. The summed E-state index contributed by atoms with van der Waals surface area (Å²) in [7, 11) is 0. The van der Waals surface area contributed by atoms with Crippen LogP contribution in [0.1, 0.15) is 50.3 Å². The van der Waals surface area contributed by atoms with Gasteiger partial charge in [-0.05, 0) is 45.0 Å². The lowest BCUT2D eigenvalue weighted by Gasteiger charge is -2.22. The molecular weight excluding hydrogens is 220 g/mol. The van der Waals surface area contributed by atoms with Crippen molar-refractivity contribution >= 4 is 0 Å². The van der Waals surface area contributed by atoms with E-state index in [-0.39, 0.29) is 6.04 Å². The minimum absolute atomic E-state index is 0.168. The van der Waals surface area contributed by atoms with Crippen LogP contribution in [0.15, 0.2) is 24.3 Å². The molecule has 0 radical (unpaired) electrons. The number of hydrogen-bond acceptors (Lipinski definition) is 2. The van der Waals surface area contributed by atoms with Gasteiger partial charge in [0.25, 0.3) is 0 Å². The normalized spacial score (nSPS) is 12.9. The molecule has 0 aliphatic carbocycles. The van der Waals surface area contributed by atoms with Gasteiger partial charge in [0.05, 0.1) is 0 Å². The third kappa shape index (κ3) is 5.19. The fourth-order valence-electron chi connectivity index (χ4n) is 2.11. The van der Waals surface area contributed by atoms with Crippen LogP contribution in [0.2, 0.25) is 0 Å². The second-order valence-corrected chi connectivity index (χ2v) is 5.09. The Morgan fingerprint density at radius 1 is 1.11 bits per heavy atom. The Labute approximate surface area is 112 Å². The molecule has 2 N–H and O–H groups in total. The Hall–Kier alpha value is -0.860. The van der Waals surface area contributed by atoms with Crippen molar-refractivity contribution in [3.8, 4) is 0 Å². The molecule has 1 unspecified atom stereocenters. The van der Waals surface area contributed by atoms with Gasteiger partial charge in [0.2, 0.25) is 0 Å². The fraction of sp³-hybridized carbons (Fsp3) is 0.625. The number of nitrogens with two attached hydrogens (primary N) is 1. The van der Waals surface area contributed by atoms with Gasteiger partial charge in [-0.2, -0.15) is 0 Å². The van der Waals surface area contributed by atoms with Gasteiger partial charge in [-0.15, -0.1) is 0 Å². The van der Waals surface area contributed by atoms with Crippen molar-refractivity contribution in [2.24, 2.45) is 5.73 Å². The van der Waals surface area contributed by atoms with E-state index in [9.17, 15) is 0 Å². The molecule has 0 heterocycles. The van der Waals surface area contributed by atoms with Crippen LogP contribution < -0.4 is 5.73 Å². The Morgan fingerprint density at radius 2 is 1.78 bits per heavy atom. The van der Waals surface area contributed by atoms with Gasteiger partial charge in [-0.25, -0.2) is 0 Å². The molecule has 0 aliphatic rings. The molecule has 1 rings (SSSR count). The molecule has 2 nitrogen and oxygen atoms in total. The number of aryl methyl sites for hydroxylation is 1. The fourth-order valence-corrected chi connectivity index (χ4v) is 2.11. The maximum absolute atomic E-state index is 6.25. The van der Waals surface area contributed by atoms with E-state index < -0.39 is 0 Å². The molecule has 1 aromatic rings. The van der Waals surface area contributed by atoms with Crippen LogP contribution in [-0.4, -0.2) is 24.5 Å². The van der Waals surface area contributed by atoms with Gasteiger partial charge in [0.15, 0.2) is 0 Å². The van der Waals surface area contributed by atoms with Crippen LogP contribution in [0.25, 0.3) is 0 Å². The molecule has 0 saturated carbocycles. The van der Waals surface area contributed by atoms with Crippen molar-refractivity contribution in [3.63, 3.8) is 0 Å². The average Bonchev–Trinajstić information content (AvgIpc) is 2.39. The highest BCUT2D eigenvalue weighted by Gasteiger charge is 2.08. The second kappa shape index (κ2) is 8.28. The zero-order valence-electron chi connectivity index (χ0n) is 12.2. The number of hydrogen-bond donors (Lipinski definition) is 1. The summed E-state index contributed by atoms with van der Waals surface area (Å²) in [6.07, 6.45) is 3.59. The predicted octanol–water partition coefficient (Wildman–Crippen LogP) is 3.51. The first-order chi connectivity index (χ1) is 8.67. The quantitative estimate of drug-likeness (QED) is 0.763. The first-order valence-electron chi connectivity index (χ1n) is 7.21. The molecule has 1 aromatic carbocycles. The molecule has 2 heteroatoms. The zero-order valence-corrected chi connectivity index (χ0v) is 12.2. The van der Waals surface area contributed by atoms with Crippen molar-refractivity contribution in [1.29, 1.82) is 0 Å². The van der Waals surface area contributed by atoms with Crippen molar-refractivity contribution < 1.29 is 0 Å². The van der Waals surface area contributed by atoms with Gasteiger partial charge in [-0.1, -0.05) is 50.1 Å². The number of nitrogens with zero attached hydrogens (tertiary/aromatic N) is 1. The van der Waals surface area contributed by atoms with Crippen molar-refractivity contribution in [2.45, 2.75) is 46.1 Å². The van der Waals surface area contributed by atoms with E-state index in [4.69, 9.17) is 5.73 Å². The molecule has 0 aliphatic heterocycles. The molecular formula is C16H28N2. The lowest BCUT2D eigenvalue weighted by molar-refractivity contribution is 0.272. The zero-order chi connectivity index (χ0) is 13.4. The summed E-state index contributed by atoms with van der Waals surface area (Å²) in [6.45, 7) is 10.0. The molecule has 0 bridgehead atoms. The highest BCUT2D eigenvalue weighted by atomic mass is 15.1. The summed E-state index contributed by atoms with van der Waals surface area (Å²) in [5, 5.41) is 0. The molecule has 18 heavy (non-hydrogen) atoms. The number of benzene rings is 1. The van der Waals surface area contributed by atoms with E-state index in [2.05, 4.69) is 49.9 Å². The van der Waals surface area contributed by atoms with Crippen LogP contribution in [0, 0.1) is 6.92 Å². The Kier molecular flexibility index (Phi) is 6.99. The Bertz CT molecular complexity index is 318. The highest BCUT2D eigenvalue weighted by Crippen LogP contribution is 2.15. The van der Waals surface area contributed by atoms with E-state index in [0.29, 0.717) is 0 Å². The van der Waals surface area contributed by atoms with E-state index in [1.54, 1.807) is 0 Å². The van der Waals surface area contributed by atoms with E-state index in [1.165, 1.54) is 30.5 Å². The highest BCUT2D eigenvalue weighted by molar-refractivity contribution is 5.23. The monoisotopic (exact) mass is 248 g/mol. The van der Waals surface area contributed by atoms with Crippen LogP contribution in [0.3, 0.4) is 0 Å². The lowest BCUT2D eigenvalue weighted by atomic mass is 10.0. The Morgan fingerprint density at radius 3 is 2.33 bits per heavy atom. The molecule has 0 saturated heterocycles. The third-order valence-electron chi connectivity index (χ3n) is 3.54. The summed E-state index contributed by atoms with van der Waals surface area (Å²) in [4.78, 5) is 2.50. The summed E-state index contributed by atoms with van der Waals surface area (Å²) in [5.74, 6) is 0. The summed E-state index contributed by atoms with van der Waals surface area (Å²) in [6, 6.07) is 8.76. The van der Waals surface area contributed by atoms with Crippen molar-refractivity contribution in [1.82, 2.24) is 4.90 Å². The molecule has 102 valence electrons. The topological polar surface area (TPSA) is 29.3 Å². The van der Waals surface area contributed by atoms with Gasteiger partial charge in [-0.3, -0.25) is 0 Å². The van der Waals surface area contributed by atoms with Crippen LogP contribution in [-0.2, 0) is 0 Å². The largest absolute Gasteiger partial charge is 0.324 e. The first-order valence-corrected chi connectivity index (χ1v) is 7.21. The van der Waals surface area contributed by atoms with Crippen molar-refractivity contribution in [2.75, 3.05) is 19.6 Å². The maximum atomic E-state index is 6.25. The summed E-state index contributed by atoms with van der Waals surface area (Å²) < 4.78 is 0. The molecule has 0 aromatic heterocycles. The number of rotatable bonds is 8.